The van der Waals surface area contributed by atoms with E-state index in [1.165, 1.54) is 5.56 Å². The van der Waals surface area contributed by atoms with Gasteiger partial charge in [-0.1, -0.05) is 41.9 Å². The first-order chi connectivity index (χ1) is 7.28. The highest BCUT2D eigenvalue weighted by molar-refractivity contribution is 9.10. The molecule has 0 fully saturated rings. The van der Waals surface area contributed by atoms with Gasteiger partial charge in [-0.15, -0.1) is 0 Å². The highest BCUT2D eigenvalue weighted by Gasteiger charge is 2.36. The maximum Gasteiger partial charge on any atom is 0.247 e. The lowest BCUT2D eigenvalue weighted by Crippen LogP contribution is -2.42. The molecule has 0 atom stereocenters. The Morgan fingerprint density at radius 2 is 1.88 bits per heavy atom. The Morgan fingerprint density at radius 3 is 2.38 bits per heavy atom. The summed E-state index contributed by atoms with van der Waals surface area (Å²) in [6.45, 7) is 8.62. The Bertz CT molecular complexity index is 361. The molecule has 0 aromatic heterocycles. The predicted octanol–water partition coefficient (Wildman–Crippen LogP) is 3.90. The predicted molar refractivity (Wildman–Crippen MR) is 72.5 cm³/mol. The zero-order valence-electron chi connectivity index (χ0n) is 10.3. The van der Waals surface area contributed by atoms with Crippen molar-refractivity contribution >= 4 is 26.4 Å². The van der Waals surface area contributed by atoms with Crippen molar-refractivity contribution in [3.63, 3.8) is 0 Å². The summed E-state index contributed by atoms with van der Waals surface area (Å²) >= 11 is 3.50. The number of rotatable bonds is 4. The van der Waals surface area contributed by atoms with E-state index in [0.717, 1.165) is 10.9 Å². The second-order valence-corrected chi connectivity index (χ2v) is 6.42. The van der Waals surface area contributed by atoms with E-state index in [2.05, 4.69) is 72.3 Å². The Kier molecular flexibility index (Phi) is 4.38. The topological polar surface area (TPSA) is 9.23 Å². The maximum absolute atomic E-state index is 5.40. The third kappa shape index (κ3) is 3.19. The minimum absolute atomic E-state index is 0.0511. The molecule has 0 amide bonds. The lowest BCUT2D eigenvalue weighted by molar-refractivity contribution is -0.00393. The maximum atomic E-state index is 5.40. The second kappa shape index (κ2) is 5.03. The van der Waals surface area contributed by atoms with Gasteiger partial charge in [0.2, 0.25) is 10.5 Å². The lowest BCUT2D eigenvalue weighted by atomic mass is 9.73. The van der Waals surface area contributed by atoms with Crippen molar-refractivity contribution in [2.45, 2.75) is 39.7 Å². The molecule has 1 aromatic carbocycles. The van der Waals surface area contributed by atoms with E-state index in [1.54, 1.807) is 0 Å². The normalized spacial score (nSPS) is 12.9. The van der Waals surface area contributed by atoms with E-state index in [-0.39, 0.29) is 11.0 Å². The third-order valence-electron chi connectivity index (χ3n) is 3.42. The molecule has 0 heterocycles. The third-order valence-corrected chi connectivity index (χ3v) is 4.42. The van der Waals surface area contributed by atoms with Gasteiger partial charge in [0.25, 0.3) is 0 Å². The molecule has 1 rings (SSSR count). The van der Waals surface area contributed by atoms with E-state index < -0.39 is 0 Å². The number of hydrogen-bond donors (Lipinski definition) is 0. The van der Waals surface area contributed by atoms with Crippen molar-refractivity contribution in [2.24, 2.45) is 5.41 Å². The van der Waals surface area contributed by atoms with Crippen LogP contribution in [0.3, 0.4) is 0 Å². The Hall–Kier alpha value is -0.123. The molecular weight excluding hydrogens is 280 g/mol. The van der Waals surface area contributed by atoms with Crippen molar-refractivity contribution < 1.29 is 4.43 Å². The highest BCUT2D eigenvalue weighted by atomic mass is 79.9. The molecule has 3 radical (unpaired) electrons. The smallest absolute Gasteiger partial charge is 0.247 e. The molecule has 3 heteroatoms. The fourth-order valence-electron chi connectivity index (χ4n) is 1.51. The molecule has 1 aromatic rings. The second-order valence-electron chi connectivity index (χ2n) is 5.30. The zero-order chi connectivity index (χ0) is 12.4. The summed E-state index contributed by atoms with van der Waals surface area (Å²) in [5, 5.41) is 0. The van der Waals surface area contributed by atoms with Crippen molar-refractivity contribution in [2.75, 3.05) is 0 Å². The van der Waals surface area contributed by atoms with Crippen molar-refractivity contribution in [1.82, 2.24) is 0 Å². The first kappa shape index (κ1) is 13.9. The van der Waals surface area contributed by atoms with Gasteiger partial charge < -0.3 is 4.43 Å². The molecule has 0 aliphatic carbocycles. The summed E-state index contributed by atoms with van der Waals surface area (Å²) in [4.78, 5) is 0. The van der Waals surface area contributed by atoms with Crippen LogP contribution in [0, 0.1) is 5.41 Å². The quantitative estimate of drug-likeness (QED) is 0.766. The highest BCUT2D eigenvalue weighted by Crippen LogP contribution is 2.36. The lowest BCUT2D eigenvalue weighted by Gasteiger charge is -2.41. The molecule has 1 nitrogen and oxygen atoms in total. The molecule has 0 unspecified atom stereocenters. The van der Waals surface area contributed by atoms with Gasteiger partial charge in [-0.25, -0.2) is 0 Å². The van der Waals surface area contributed by atoms with Gasteiger partial charge in [-0.05, 0) is 43.4 Å². The monoisotopic (exact) mass is 297 g/mol. The Balaban J connectivity index is 2.88. The van der Waals surface area contributed by atoms with Gasteiger partial charge in [0.1, 0.15) is 0 Å². The molecule has 0 aliphatic rings. The largest absolute Gasteiger partial charge is 0.413 e. The first-order valence-corrected chi connectivity index (χ1v) is 6.58. The summed E-state index contributed by atoms with van der Waals surface area (Å²) in [7, 11) is 3.18. The molecular formula is C13H18BrOSi. The van der Waals surface area contributed by atoms with Gasteiger partial charge in [0.15, 0.2) is 0 Å². The number of benzene rings is 1. The number of halogens is 1. The van der Waals surface area contributed by atoms with E-state index in [4.69, 9.17) is 4.43 Å². The zero-order valence-corrected chi connectivity index (χ0v) is 12.9. The Morgan fingerprint density at radius 1 is 1.25 bits per heavy atom. The van der Waals surface area contributed by atoms with Gasteiger partial charge in [0, 0.05) is 4.47 Å². The molecule has 0 spiro atoms. The van der Waals surface area contributed by atoms with E-state index in [1.807, 2.05) is 6.07 Å². The first-order valence-electron chi connectivity index (χ1n) is 5.38. The molecule has 16 heavy (non-hydrogen) atoms. The summed E-state index contributed by atoms with van der Waals surface area (Å²) in [5.41, 5.74) is 1.15. The van der Waals surface area contributed by atoms with Gasteiger partial charge >= 0.3 is 0 Å². The van der Waals surface area contributed by atoms with Crippen LogP contribution in [0.5, 0.6) is 0 Å². The molecule has 87 valence electrons. The summed E-state index contributed by atoms with van der Waals surface area (Å²) in [6.07, 6.45) is 0.976. The average molecular weight is 298 g/mol. The van der Waals surface area contributed by atoms with Crippen LogP contribution >= 0.6 is 15.9 Å². The standard InChI is InChI=1S/C13H18BrOSi/c1-12(2,13(3,4)15-16)9-10-6-5-7-11(14)8-10/h5-8H,9H2,1-4H3. The minimum atomic E-state index is -0.216. The van der Waals surface area contributed by atoms with Crippen molar-refractivity contribution in [3.05, 3.63) is 34.3 Å². The van der Waals surface area contributed by atoms with Gasteiger partial charge in [0.05, 0.1) is 5.60 Å². The van der Waals surface area contributed by atoms with Crippen molar-refractivity contribution in [1.29, 1.82) is 0 Å². The number of hydrogen-bond acceptors (Lipinski definition) is 1. The van der Waals surface area contributed by atoms with Crippen LogP contribution in [0.25, 0.3) is 0 Å². The van der Waals surface area contributed by atoms with Gasteiger partial charge in [-0.3, -0.25) is 0 Å². The van der Waals surface area contributed by atoms with E-state index in [9.17, 15) is 0 Å². The fourth-order valence-corrected chi connectivity index (χ4v) is 2.23. The SMILES string of the molecule is CC(C)(Cc1cccc(Br)c1)C(C)(C)O[Si]. The van der Waals surface area contributed by atoms with Crippen LogP contribution in [0.15, 0.2) is 28.7 Å². The molecule has 0 saturated heterocycles. The fraction of sp³-hybridized carbons (Fsp3) is 0.538. The minimum Gasteiger partial charge on any atom is -0.413 e. The molecule has 0 bridgehead atoms. The van der Waals surface area contributed by atoms with Crippen molar-refractivity contribution in [3.8, 4) is 0 Å². The average Bonchev–Trinajstić information content (AvgIpc) is 2.16. The van der Waals surface area contributed by atoms with Crippen LogP contribution in [0.2, 0.25) is 0 Å². The van der Waals surface area contributed by atoms with Crippen LogP contribution in [0.1, 0.15) is 33.3 Å². The molecule has 0 saturated carbocycles. The van der Waals surface area contributed by atoms with Crippen LogP contribution in [0.4, 0.5) is 0 Å². The summed E-state index contributed by atoms with van der Waals surface area (Å²) in [6, 6.07) is 8.42. The Labute approximate surface area is 110 Å². The van der Waals surface area contributed by atoms with Crippen LogP contribution in [-0.4, -0.2) is 16.1 Å². The summed E-state index contributed by atoms with van der Waals surface area (Å²) in [5.74, 6) is 0. The molecule has 0 aliphatic heterocycles. The van der Waals surface area contributed by atoms with E-state index >= 15 is 0 Å². The van der Waals surface area contributed by atoms with Crippen LogP contribution < -0.4 is 0 Å². The van der Waals surface area contributed by atoms with E-state index in [0.29, 0.717) is 0 Å². The summed E-state index contributed by atoms with van der Waals surface area (Å²) < 4.78 is 6.52. The molecule has 0 N–H and O–H groups in total. The van der Waals surface area contributed by atoms with Crippen LogP contribution in [-0.2, 0) is 10.8 Å². The van der Waals surface area contributed by atoms with Gasteiger partial charge in [-0.2, -0.15) is 0 Å².